The van der Waals surface area contributed by atoms with E-state index in [0.717, 1.165) is 18.4 Å². The molecule has 90 valence electrons. The molecular weight excluding hydrogens is 218 g/mol. The number of amides is 1. The lowest BCUT2D eigenvalue weighted by atomic mass is 10.1. The van der Waals surface area contributed by atoms with Gasteiger partial charge in [0, 0.05) is 12.3 Å². The molecular formula is C12H15N3O2. The molecule has 1 aliphatic rings. The number of anilines is 1. The molecule has 1 aromatic heterocycles. The normalized spacial score (nSPS) is 14.5. The maximum atomic E-state index is 11.5. The fraction of sp³-hybridized carbons (Fsp3) is 0.500. The van der Waals surface area contributed by atoms with Gasteiger partial charge in [0.1, 0.15) is 5.69 Å². The zero-order valence-electron chi connectivity index (χ0n) is 9.99. The van der Waals surface area contributed by atoms with Gasteiger partial charge < -0.3 is 5.32 Å². The second-order valence-electron chi connectivity index (χ2n) is 4.30. The molecule has 17 heavy (non-hydrogen) atoms. The molecule has 1 heterocycles. The van der Waals surface area contributed by atoms with Gasteiger partial charge in [-0.1, -0.05) is 6.92 Å². The minimum Gasteiger partial charge on any atom is -0.309 e. The van der Waals surface area contributed by atoms with Crippen molar-refractivity contribution in [2.24, 2.45) is 5.92 Å². The molecule has 5 heteroatoms. The van der Waals surface area contributed by atoms with Crippen LogP contribution in [0.5, 0.6) is 0 Å². The first-order chi connectivity index (χ1) is 8.11. The van der Waals surface area contributed by atoms with Crippen molar-refractivity contribution in [2.75, 3.05) is 5.32 Å². The summed E-state index contributed by atoms with van der Waals surface area (Å²) in [6.07, 6.45) is 2.30. The average Bonchev–Trinajstić information content (AvgIpc) is 3.12. The average molecular weight is 233 g/mol. The Morgan fingerprint density at radius 2 is 2.12 bits per heavy atom. The van der Waals surface area contributed by atoms with Crippen LogP contribution in [-0.2, 0) is 4.79 Å². The van der Waals surface area contributed by atoms with Crippen molar-refractivity contribution in [2.45, 2.75) is 33.1 Å². The summed E-state index contributed by atoms with van der Waals surface area (Å²) >= 11 is 0. The summed E-state index contributed by atoms with van der Waals surface area (Å²) in [5.41, 5.74) is 1.13. The van der Waals surface area contributed by atoms with Crippen LogP contribution in [-0.4, -0.2) is 21.9 Å². The zero-order valence-corrected chi connectivity index (χ0v) is 9.99. The van der Waals surface area contributed by atoms with Gasteiger partial charge in [0.15, 0.2) is 11.6 Å². The number of rotatable bonds is 4. The molecule has 1 fully saturated rings. The maximum Gasteiger partial charge on any atom is 0.228 e. The van der Waals surface area contributed by atoms with Gasteiger partial charge in [-0.05, 0) is 31.4 Å². The van der Waals surface area contributed by atoms with Crippen LogP contribution in [0.2, 0.25) is 0 Å². The van der Waals surface area contributed by atoms with Gasteiger partial charge in [-0.2, -0.15) is 0 Å². The Morgan fingerprint density at radius 1 is 1.41 bits per heavy atom. The van der Waals surface area contributed by atoms with E-state index in [0.29, 0.717) is 17.9 Å². The number of Topliss-reactive ketones (excluding diaryl/α,β-unsaturated/α-hetero) is 1. The van der Waals surface area contributed by atoms with Crippen LogP contribution in [0.3, 0.4) is 0 Å². The third-order valence-electron chi connectivity index (χ3n) is 2.77. The topological polar surface area (TPSA) is 72.0 Å². The maximum absolute atomic E-state index is 11.5. The fourth-order valence-corrected chi connectivity index (χ4v) is 1.56. The number of aromatic nitrogens is 2. The molecule has 1 aromatic rings. The van der Waals surface area contributed by atoms with Crippen molar-refractivity contribution in [3.05, 3.63) is 17.3 Å². The predicted molar refractivity (Wildman–Crippen MR) is 62.7 cm³/mol. The Balaban J connectivity index is 2.12. The van der Waals surface area contributed by atoms with Crippen molar-refractivity contribution in [1.29, 1.82) is 0 Å². The quantitative estimate of drug-likeness (QED) is 0.804. The molecule has 5 nitrogen and oxygen atoms in total. The standard InChI is InChI=1S/C12H15N3O2/c1-3-9(16)11-7(2)6-10(14-15-11)13-12(17)8-4-5-8/h6,8H,3-5H2,1-2H3,(H,13,14,17). The second kappa shape index (κ2) is 4.61. The first kappa shape index (κ1) is 11.7. The number of ketones is 1. The van der Waals surface area contributed by atoms with Crippen LogP contribution in [0.25, 0.3) is 0 Å². The molecule has 1 N–H and O–H groups in total. The fourth-order valence-electron chi connectivity index (χ4n) is 1.56. The number of carbonyl (C=O) groups is 2. The van der Waals surface area contributed by atoms with Gasteiger partial charge in [0.2, 0.25) is 5.91 Å². The Labute approximate surface area is 99.6 Å². The lowest BCUT2D eigenvalue weighted by molar-refractivity contribution is -0.117. The molecule has 0 unspecified atom stereocenters. The van der Waals surface area contributed by atoms with Crippen LogP contribution in [0.1, 0.15) is 42.2 Å². The van der Waals surface area contributed by atoms with E-state index in [4.69, 9.17) is 0 Å². The van der Waals surface area contributed by atoms with E-state index in [1.807, 2.05) is 0 Å². The highest BCUT2D eigenvalue weighted by Crippen LogP contribution is 2.29. The summed E-state index contributed by atoms with van der Waals surface area (Å²) in [6, 6.07) is 1.69. The molecule has 0 atom stereocenters. The van der Waals surface area contributed by atoms with Crippen LogP contribution >= 0.6 is 0 Å². The second-order valence-corrected chi connectivity index (χ2v) is 4.30. The van der Waals surface area contributed by atoms with Crippen LogP contribution in [0.4, 0.5) is 5.82 Å². The number of aryl methyl sites for hydroxylation is 1. The van der Waals surface area contributed by atoms with Crippen LogP contribution < -0.4 is 5.32 Å². The molecule has 1 saturated carbocycles. The van der Waals surface area contributed by atoms with Crippen molar-refractivity contribution >= 4 is 17.5 Å². The highest BCUT2D eigenvalue weighted by molar-refractivity contribution is 5.96. The van der Waals surface area contributed by atoms with Crippen LogP contribution in [0.15, 0.2) is 6.07 Å². The van der Waals surface area contributed by atoms with Crippen molar-refractivity contribution in [3.63, 3.8) is 0 Å². The first-order valence-electron chi connectivity index (χ1n) is 5.80. The third kappa shape index (κ3) is 2.67. The van der Waals surface area contributed by atoms with Gasteiger partial charge in [-0.25, -0.2) is 0 Å². The Morgan fingerprint density at radius 3 is 2.65 bits per heavy atom. The summed E-state index contributed by atoms with van der Waals surface area (Å²) in [7, 11) is 0. The molecule has 1 amide bonds. The highest BCUT2D eigenvalue weighted by Gasteiger charge is 2.29. The Kier molecular flexibility index (Phi) is 3.17. The molecule has 0 saturated heterocycles. The number of nitrogens with one attached hydrogen (secondary N) is 1. The number of carbonyl (C=O) groups excluding carboxylic acids is 2. The summed E-state index contributed by atoms with van der Waals surface area (Å²) in [5, 5.41) is 10.4. The minimum atomic E-state index is -0.0323. The Hall–Kier alpha value is -1.78. The molecule has 0 bridgehead atoms. The summed E-state index contributed by atoms with van der Waals surface area (Å²) in [6.45, 7) is 3.58. The number of nitrogens with zero attached hydrogens (tertiary/aromatic N) is 2. The summed E-state index contributed by atoms with van der Waals surface area (Å²) in [4.78, 5) is 23.0. The molecule has 0 spiro atoms. The molecule has 0 radical (unpaired) electrons. The van der Waals surface area contributed by atoms with Crippen molar-refractivity contribution in [1.82, 2.24) is 10.2 Å². The first-order valence-corrected chi connectivity index (χ1v) is 5.80. The molecule has 0 aliphatic heterocycles. The Bertz CT molecular complexity index is 467. The highest BCUT2D eigenvalue weighted by atomic mass is 16.2. The predicted octanol–water partition coefficient (Wildman–Crippen LogP) is 1.73. The lowest BCUT2D eigenvalue weighted by Crippen LogP contribution is -2.16. The van der Waals surface area contributed by atoms with E-state index in [-0.39, 0.29) is 17.6 Å². The van der Waals surface area contributed by atoms with E-state index in [1.54, 1.807) is 19.9 Å². The lowest BCUT2D eigenvalue weighted by Gasteiger charge is -2.05. The molecule has 2 rings (SSSR count). The van der Waals surface area contributed by atoms with Crippen molar-refractivity contribution < 1.29 is 9.59 Å². The van der Waals surface area contributed by atoms with E-state index in [1.165, 1.54) is 0 Å². The molecule has 0 aromatic carbocycles. The molecule has 1 aliphatic carbocycles. The van der Waals surface area contributed by atoms with Gasteiger partial charge in [0.25, 0.3) is 0 Å². The van der Waals surface area contributed by atoms with Gasteiger partial charge in [-0.3, -0.25) is 9.59 Å². The monoisotopic (exact) mass is 233 g/mol. The zero-order chi connectivity index (χ0) is 12.4. The van der Waals surface area contributed by atoms with E-state index in [9.17, 15) is 9.59 Å². The summed E-state index contributed by atoms with van der Waals surface area (Å²) < 4.78 is 0. The van der Waals surface area contributed by atoms with Gasteiger partial charge in [-0.15, -0.1) is 10.2 Å². The number of hydrogen-bond donors (Lipinski definition) is 1. The third-order valence-corrected chi connectivity index (χ3v) is 2.77. The summed E-state index contributed by atoms with van der Waals surface area (Å²) in [5.74, 6) is 0.518. The SMILES string of the molecule is CCC(=O)c1nnc(NC(=O)C2CC2)cc1C. The van der Waals surface area contributed by atoms with E-state index < -0.39 is 0 Å². The van der Waals surface area contributed by atoms with E-state index >= 15 is 0 Å². The smallest absolute Gasteiger partial charge is 0.228 e. The van der Waals surface area contributed by atoms with E-state index in [2.05, 4.69) is 15.5 Å². The minimum absolute atomic E-state index is 0.00623. The number of hydrogen-bond acceptors (Lipinski definition) is 4. The van der Waals surface area contributed by atoms with Gasteiger partial charge >= 0.3 is 0 Å². The van der Waals surface area contributed by atoms with Crippen LogP contribution in [0, 0.1) is 12.8 Å². The van der Waals surface area contributed by atoms with Gasteiger partial charge in [0.05, 0.1) is 0 Å². The van der Waals surface area contributed by atoms with Crippen molar-refractivity contribution in [3.8, 4) is 0 Å². The largest absolute Gasteiger partial charge is 0.309 e.